The Morgan fingerprint density at radius 2 is 1.68 bits per heavy atom. The molecule has 2 N–H and O–H groups in total. The van der Waals surface area contributed by atoms with Crippen molar-refractivity contribution in [3.63, 3.8) is 0 Å². The SMILES string of the molecule is CCN(CC)c1ncc(-c2nc(-c3cc(C)c(OC[C@H](O)CO)c(C)c3)no2)cc1C. The zero-order valence-corrected chi connectivity index (χ0v) is 18.7. The number of rotatable bonds is 9. The Morgan fingerprint density at radius 1 is 1.03 bits per heavy atom. The van der Waals surface area contributed by atoms with Gasteiger partial charge in [0.05, 0.1) is 12.2 Å². The van der Waals surface area contributed by atoms with E-state index in [1.54, 1.807) is 6.20 Å². The van der Waals surface area contributed by atoms with Crippen LogP contribution in [-0.2, 0) is 0 Å². The molecule has 1 aromatic carbocycles. The largest absolute Gasteiger partial charge is 0.490 e. The molecule has 8 heteroatoms. The van der Waals surface area contributed by atoms with Crippen LogP contribution >= 0.6 is 0 Å². The van der Waals surface area contributed by atoms with Crippen LogP contribution < -0.4 is 9.64 Å². The molecule has 31 heavy (non-hydrogen) atoms. The molecule has 2 heterocycles. The van der Waals surface area contributed by atoms with Gasteiger partial charge in [0.2, 0.25) is 5.82 Å². The molecular weight excluding hydrogens is 396 g/mol. The number of hydrogen-bond donors (Lipinski definition) is 2. The van der Waals surface area contributed by atoms with Gasteiger partial charge in [-0.3, -0.25) is 0 Å². The lowest BCUT2D eigenvalue weighted by atomic mass is 10.1. The maximum absolute atomic E-state index is 9.52. The van der Waals surface area contributed by atoms with Gasteiger partial charge >= 0.3 is 0 Å². The normalized spacial score (nSPS) is 12.1. The van der Waals surface area contributed by atoms with E-state index in [-0.39, 0.29) is 13.2 Å². The van der Waals surface area contributed by atoms with Gasteiger partial charge in [-0.1, -0.05) is 5.16 Å². The molecule has 0 amide bonds. The van der Waals surface area contributed by atoms with Crippen molar-refractivity contribution < 1.29 is 19.5 Å². The van der Waals surface area contributed by atoms with Crippen LogP contribution in [0.3, 0.4) is 0 Å². The Morgan fingerprint density at radius 3 is 2.26 bits per heavy atom. The molecular formula is C23H30N4O4. The third kappa shape index (κ3) is 5.03. The summed E-state index contributed by atoms with van der Waals surface area (Å²) in [6.07, 6.45) is 0.848. The van der Waals surface area contributed by atoms with Gasteiger partial charge in [0, 0.05) is 24.8 Å². The lowest BCUT2D eigenvalue weighted by Crippen LogP contribution is -2.23. The van der Waals surface area contributed by atoms with E-state index in [0.717, 1.165) is 46.7 Å². The number of aromatic nitrogens is 3. The number of hydrogen-bond acceptors (Lipinski definition) is 8. The summed E-state index contributed by atoms with van der Waals surface area (Å²) in [6, 6.07) is 5.84. The van der Waals surface area contributed by atoms with Crippen LogP contribution in [0.1, 0.15) is 30.5 Å². The Labute approximate surface area is 182 Å². The molecule has 0 aliphatic rings. The molecule has 3 rings (SSSR count). The molecule has 0 fully saturated rings. The number of aryl methyl sites for hydroxylation is 3. The van der Waals surface area contributed by atoms with Crippen molar-refractivity contribution in [2.75, 3.05) is 31.2 Å². The molecule has 0 spiro atoms. The molecule has 3 aromatic rings. The molecule has 0 bridgehead atoms. The van der Waals surface area contributed by atoms with Crippen molar-refractivity contribution >= 4 is 5.82 Å². The molecule has 8 nitrogen and oxygen atoms in total. The Balaban J connectivity index is 1.85. The van der Waals surface area contributed by atoms with Gasteiger partial charge in [0.1, 0.15) is 24.3 Å². The van der Waals surface area contributed by atoms with Crippen molar-refractivity contribution in [3.05, 3.63) is 41.1 Å². The van der Waals surface area contributed by atoms with Gasteiger partial charge in [-0.25, -0.2) is 4.98 Å². The minimum Gasteiger partial charge on any atom is -0.490 e. The van der Waals surface area contributed by atoms with E-state index in [9.17, 15) is 5.11 Å². The summed E-state index contributed by atoms with van der Waals surface area (Å²) in [7, 11) is 0. The minimum absolute atomic E-state index is 0.0275. The van der Waals surface area contributed by atoms with Gasteiger partial charge in [0.15, 0.2) is 0 Å². The molecule has 0 radical (unpaired) electrons. The molecule has 0 unspecified atom stereocenters. The van der Waals surface area contributed by atoms with Gasteiger partial charge in [-0.2, -0.15) is 4.98 Å². The van der Waals surface area contributed by atoms with Crippen LogP contribution in [0.2, 0.25) is 0 Å². The number of anilines is 1. The second-order valence-electron chi connectivity index (χ2n) is 7.55. The topological polar surface area (TPSA) is 105 Å². The number of benzene rings is 1. The number of nitrogens with zero attached hydrogens (tertiary/aromatic N) is 4. The fourth-order valence-corrected chi connectivity index (χ4v) is 3.54. The fraction of sp³-hybridized carbons (Fsp3) is 0.435. The maximum atomic E-state index is 9.52. The fourth-order valence-electron chi connectivity index (χ4n) is 3.54. The van der Waals surface area contributed by atoms with Crippen molar-refractivity contribution in [1.29, 1.82) is 0 Å². The van der Waals surface area contributed by atoms with E-state index in [0.29, 0.717) is 17.5 Å². The van der Waals surface area contributed by atoms with Crippen molar-refractivity contribution in [1.82, 2.24) is 15.1 Å². The Kier molecular flexibility index (Phi) is 7.25. The first kappa shape index (κ1) is 22.7. The first-order valence-electron chi connectivity index (χ1n) is 10.5. The van der Waals surface area contributed by atoms with E-state index in [2.05, 4.69) is 33.9 Å². The predicted molar refractivity (Wildman–Crippen MR) is 119 cm³/mol. The van der Waals surface area contributed by atoms with Crippen LogP contribution in [0, 0.1) is 20.8 Å². The van der Waals surface area contributed by atoms with Gasteiger partial charge in [-0.15, -0.1) is 0 Å². The summed E-state index contributed by atoms with van der Waals surface area (Å²) >= 11 is 0. The maximum Gasteiger partial charge on any atom is 0.259 e. The Hall–Kier alpha value is -2.97. The minimum atomic E-state index is -0.913. The van der Waals surface area contributed by atoms with Crippen LogP contribution in [-0.4, -0.2) is 57.7 Å². The van der Waals surface area contributed by atoms with Crippen LogP contribution in [0.5, 0.6) is 5.75 Å². The summed E-state index contributed by atoms with van der Waals surface area (Å²) in [4.78, 5) is 11.4. The molecule has 0 saturated heterocycles. The van der Waals surface area contributed by atoms with E-state index in [1.165, 1.54) is 0 Å². The Bertz CT molecular complexity index is 1010. The van der Waals surface area contributed by atoms with Crippen molar-refractivity contribution in [3.8, 4) is 28.6 Å². The zero-order valence-electron chi connectivity index (χ0n) is 18.7. The molecule has 0 aliphatic heterocycles. The molecule has 166 valence electrons. The third-order valence-electron chi connectivity index (χ3n) is 5.14. The lowest BCUT2D eigenvalue weighted by Gasteiger charge is -2.21. The standard InChI is InChI=1S/C23H30N4O4/c1-6-27(7-2)22-16(5)10-18(11-24-22)23-25-21(26-31-23)17-8-14(3)20(15(4)9-17)30-13-19(29)12-28/h8-11,19,28-29H,6-7,12-13H2,1-5H3/t19-/m1/s1. The second kappa shape index (κ2) is 9.89. The van der Waals surface area contributed by atoms with Crippen molar-refractivity contribution in [2.45, 2.75) is 40.7 Å². The second-order valence-corrected chi connectivity index (χ2v) is 7.55. The van der Waals surface area contributed by atoms with Gasteiger partial charge in [0.25, 0.3) is 5.89 Å². The summed E-state index contributed by atoms with van der Waals surface area (Å²) in [5.74, 6) is 2.53. The summed E-state index contributed by atoms with van der Waals surface area (Å²) in [5, 5.41) is 22.6. The highest BCUT2D eigenvalue weighted by Gasteiger charge is 2.16. The van der Waals surface area contributed by atoms with E-state index < -0.39 is 6.10 Å². The highest BCUT2D eigenvalue weighted by atomic mass is 16.5. The van der Waals surface area contributed by atoms with Crippen LogP contribution in [0.15, 0.2) is 28.9 Å². The number of aliphatic hydroxyl groups excluding tert-OH is 2. The quantitative estimate of drug-likeness (QED) is 0.537. The van der Waals surface area contributed by atoms with Crippen LogP contribution in [0.4, 0.5) is 5.82 Å². The monoisotopic (exact) mass is 426 g/mol. The molecule has 1 atom stereocenters. The lowest BCUT2D eigenvalue weighted by molar-refractivity contribution is 0.0532. The van der Waals surface area contributed by atoms with Crippen LogP contribution in [0.25, 0.3) is 22.8 Å². The average Bonchev–Trinajstić information content (AvgIpc) is 3.25. The summed E-state index contributed by atoms with van der Waals surface area (Å²) in [5.41, 5.74) is 4.41. The zero-order chi connectivity index (χ0) is 22.5. The van der Waals surface area contributed by atoms with E-state index >= 15 is 0 Å². The van der Waals surface area contributed by atoms with Gasteiger partial charge < -0.3 is 24.4 Å². The number of ether oxygens (including phenoxy) is 1. The summed E-state index contributed by atoms with van der Waals surface area (Å²) < 4.78 is 11.2. The van der Waals surface area contributed by atoms with Crippen molar-refractivity contribution in [2.24, 2.45) is 0 Å². The number of pyridine rings is 1. The highest BCUT2D eigenvalue weighted by molar-refractivity contribution is 5.64. The van der Waals surface area contributed by atoms with E-state index in [4.69, 9.17) is 14.4 Å². The highest BCUT2D eigenvalue weighted by Crippen LogP contribution is 2.31. The van der Waals surface area contributed by atoms with Gasteiger partial charge in [-0.05, 0) is 69.5 Å². The first-order chi connectivity index (χ1) is 14.9. The smallest absolute Gasteiger partial charge is 0.259 e. The number of aliphatic hydroxyl groups is 2. The predicted octanol–water partition coefficient (Wildman–Crippen LogP) is 3.30. The molecule has 2 aromatic heterocycles. The molecule has 0 aliphatic carbocycles. The molecule has 0 saturated carbocycles. The first-order valence-corrected chi connectivity index (χ1v) is 10.5. The average molecular weight is 427 g/mol. The third-order valence-corrected chi connectivity index (χ3v) is 5.14. The van der Waals surface area contributed by atoms with E-state index in [1.807, 2.05) is 39.0 Å². The summed E-state index contributed by atoms with van der Waals surface area (Å²) in [6.45, 7) is 11.6.